The van der Waals surface area contributed by atoms with Crippen molar-refractivity contribution in [1.82, 2.24) is 14.5 Å². The molecular formula is C25H23F3N4O2. The number of aryl methyl sites for hydroxylation is 1. The molecule has 2 aromatic carbocycles. The molecule has 6 nitrogen and oxygen atoms in total. The van der Waals surface area contributed by atoms with Crippen molar-refractivity contribution >= 4 is 11.4 Å². The number of imidazole rings is 1. The molecule has 0 spiro atoms. The zero-order chi connectivity index (χ0) is 23.8. The van der Waals surface area contributed by atoms with Gasteiger partial charge in [0.25, 0.3) is 0 Å². The molecule has 5 rings (SSSR count). The number of aromatic nitrogens is 2. The molecule has 0 radical (unpaired) electrons. The van der Waals surface area contributed by atoms with Crippen molar-refractivity contribution in [2.75, 3.05) is 20.2 Å². The van der Waals surface area contributed by atoms with Gasteiger partial charge in [-0.1, -0.05) is 11.2 Å². The van der Waals surface area contributed by atoms with Gasteiger partial charge in [0, 0.05) is 18.3 Å². The predicted molar refractivity (Wildman–Crippen MR) is 121 cm³/mol. The van der Waals surface area contributed by atoms with E-state index < -0.39 is 23.6 Å². The average molecular weight is 468 g/mol. The molecule has 1 atom stereocenters. The maximum absolute atomic E-state index is 13.7. The lowest BCUT2D eigenvalue weighted by Gasteiger charge is -2.31. The van der Waals surface area contributed by atoms with Gasteiger partial charge in [-0.2, -0.15) is 0 Å². The molecule has 2 aliphatic heterocycles. The van der Waals surface area contributed by atoms with Crippen LogP contribution in [0.5, 0.6) is 5.75 Å². The molecule has 1 unspecified atom stereocenters. The molecule has 3 heterocycles. The lowest BCUT2D eigenvalue weighted by Crippen LogP contribution is -2.38. The second kappa shape index (κ2) is 8.89. The van der Waals surface area contributed by atoms with E-state index in [9.17, 15) is 13.2 Å². The van der Waals surface area contributed by atoms with E-state index in [1.54, 1.807) is 13.4 Å². The summed E-state index contributed by atoms with van der Waals surface area (Å²) in [7, 11) is 1.63. The van der Waals surface area contributed by atoms with Crippen LogP contribution in [0.2, 0.25) is 0 Å². The van der Waals surface area contributed by atoms with E-state index in [0.717, 1.165) is 53.2 Å². The minimum absolute atomic E-state index is 0.211. The second-order valence-electron chi connectivity index (χ2n) is 8.37. The van der Waals surface area contributed by atoms with Gasteiger partial charge in [-0.25, -0.2) is 18.2 Å². The van der Waals surface area contributed by atoms with Crippen LogP contribution in [0.15, 0.2) is 54.1 Å². The summed E-state index contributed by atoms with van der Waals surface area (Å²) in [6.45, 7) is 2.99. The zero-order valence-corrected chi connectivity index (χ0v) is 18.8. The Kier molecular flexibility index (Phi) is 5.77. The zero-order valence-electron chi connectivity index (χ0n) is 18.8. The lowest BCUT2D eigenvalue weighted by atomic mass is 10.0. The van der Waals surface area contributed by atoms with Gasteiger partial charge < -0.3 is 19.0 Å². The summed E-state index contributed by atoms with van der Waals surface area (Å²) in [4.78, 5) is 11.9. The van der Waals surface area contributed by atoms with Crippen LogP contribution in [-0.2, 0) is 4.84 Å². The van der Waals surface area contributed by atoms with Crippen molar-refractivity contribution in [3.05, 3.63) is 83.2 Å². The molecule has 0 saturated heterocycles. The highest BCUT2D eigenvalue weighted by Gasteiger charge is 2.28. The van der Waals surface area contributed by atoms with Crippen LogP contribution in [0.25, 0.3) is 11.3 Å². The first-order chi connectivity index (χ1) is 16.4. The van der Waals surface area contributed by atoms with Gasteiger partial charge >= 0.3 is 0 Å². The first kappa shape index (κ1) is 22.1. The fourth-order valence-corrected chi connectivity index (χ4v) is 4.31. The van der Waals surface area contributed by atoms with Crippen molar-refractivity contribution in [3.8, 4) is 11.4 Å². The van der Waals surface area contributed by atoms with Crippen LogP contribution in [0.4, 0.5) is 13.2 Å². The van der Waals surface area contributed by atoms with Crippen LogP contribution >= 0.6 is 0 Å². The molecular weight excluding hydrogens is 445 g/mol. The van der Waals surface area contributed by atoms with E-state index in [-0.39, 0.29) is 5.56 Å². The highest BCUT2D eigenvalue weighted by Crippen LogP contribution is 2.33. The van der Waals surface area contributed by atoms with Gasteiger partial charge in [0.2, 0.25) is 0 Å². The number of nitrogens with zero attached hydrogens (tertiary/aromatic N) is 4. The van der Waals surface area contributed by atoms with Crippen molar-refractivity contribution in [3.63, 3.8) is 0 Å². The maximum atomic E-state index is 13.7. The highest BCUT2D eigenvalue weighted by molar-refractivity contribution is 6.00. The number of ether oxygens (including phenoxy) is 1. The number of methoxy groups -OCH3 is 1. The number of allylic oxidation sites excluding steroid dienone is 1. The Bertz CT molecular complexity index is 1280. The molecule has 0 aliphatic carbocycles. The predicted octanol–water partition coefficient (Wildman–Crippen LogP) is 5.17. The minimum Gasteiger partial charge on any atom is -0.495 e. The average Bonchev–Trinajstić information content (AvgIpc) is 3.15. The normalized spacial score (nSPS) is 17.9. The number of oxime groups is 1. The Hall–Kier alpha value is -3.75. The van der Waals surface area contributed by atoms with Crippen LogP contribution in [-0.4, -0.2) is 40.5 Å². The molecule has 176 valence electrons. The summed E-state index contributed by atoms with van der Waals surface area (Å²) in [5.41, 5.74) is 4.10. The largest absolute Gasteiger partial charge is 0.495 e. The molecule has 2 aliphatic rings. The molecule has 1 aromatic heterocycles. The SMILES string of the molecule is COc1cc(C2=CC3=NOC(c4cc(F)c(F)c(F)c4)CN3CCC2)ccc1-n1cnc(C)c1. The van der Waals surface area contributed by atoms with E-state index in [4.69, 9.17) is 9.57 Å². The van der Waals surface area contributed by atoms with Crippen molar-refractivity contribution in [2.24, 2.45) is 5.16 Å². The summed E-state index contributed by atoms with van der Waals surface area (Å²) in [6, 6.07) is 7.93. The molecule has 0 N–H and O–H groups in total. The first-order valence-electron chi connectivity index (χ1n) is 11.0. The number of hydrogen-bond acceptors (Lipinski definition) is 5. The Morgan fingerprint density at radius 3 is 2.62 bits per heavy atom. The second-order valence-corrected chi connectivity index (χ2v) is 8.37. The molecule has 0 saturated carbocycles. The van der Waals surface area contributed by atoms with Crippen LogP contribution < -0.4 is 4.74 Å². The Morgan fingerprint density at radius 1 is 1.12 bits per heavy atom. The third-order valence-electron chi connectivity index (χ3n) is 6.08. The fraction of sp³-hybridized carbons (Fsp3) is 0.280. The smallest absolute Gasteiger partial charge is 0.194 e. The Morgan fingerprint density at radius 2 is 1.91 bits per heavy atom. The third-order valence-corrected chi connectivity index (χ3v) is 6.08. The standard InChI is InChI=1S/C25H23F3N4O2/c1-15-12-32(14-29-15)21-6-5-17(10-22(21)33-2)16-4-3-7-31-13-23(34-30-24(31)11-16)18-8-19(26)25(28)20(27)9-18/h5-6,8-12,14,23H,3-4,7,13H2,1-2H3. The van der Waals surface area contributed by atoms with Crippen molar-refractivity contribution in [1.29, 1.82) is 0 Å². The summed E-state index contributed by atoms with van der Waals surface area (Å²) >= 11 is 0. The van der Waals surface area contributed by atoms with E-state index >= 15 is 0 Å². The fourth-order valence-electron chi connectivity index (χ4n) is 4.31. The van der Waals surface area contributed by atoms with E-state index in [0.29, 0.717) is 18.9 Å². The molecule has 3 aromatic rings. The van der Waals surface area contributed by atoms with Gasteiger partial charge in [-0.15, -0.1) is 0 Å². The van der Waals surface area contributed by atoms with Crippen molar-refractivity contribution in [2.45, 2.75) is 25.9 Å². The first-order valence-corrected chi connectivity index (χ1v) is 11.0. The monoisotopic (exact) mass is 468 g/mol. The lowest BCUT2D eigenvalue weighted by molar-refractivity contribution is 0.0205. The van der Waals surface area contributed by atoms with E-state index in [1.807, 2.05) is 46.9 Å². The maximum Gasteiger partial charge on any atom is 0.194 e. The summed E-state index contributed by atoms with van der Waals surface area (Å²) in [6.07, 6.45) is 6.62. The summed E-state index contributed by atoms with van der Waals surface area (Å²) < 4.78 is 48.3. The molecule has 0 bridgehead atoms. The van der Waals surface area contributed by atoms with Gasteiger partial charge in [0.05, 0.1) is 31.4 Å². The molecule has 0 fully saturated rings. The highest BCUT2D eigenvalue weighted by atomic mass is 19.2. The topological polar surface area (TPSA) is 51.9 Å². The van der Waals surface area contributed by atoms with Crippen molar-refractivity contribution < 1.29 is 22.7 Å². The van der Waals surface area contributed by atoms with Gasteiger partial charge in [-0.05, 0) is 61.2 Å². The minimum atomic E-state index is -1.49. The number of benzene rings is 2. The van der Waals surface area contributed by atoms with Gasteiger partial charge in [0.15, 0.2) is 29.4 Å². The number of fused-ring (bicyclic) bond motifs is 1. The Labute approximate surface area is 194 Å². The van der Waals surface area contributed by atoms with E-state index in [1.165, 1.54) is 0 Å². The Balaban J connectivity index is 1.42. The summed E-state index contributed by atoms with van der Waals surface area (Å²) in [5.74, 6) is -2.61. The van der Waals surface area contributed by atoms with Crippen LogP contribution in [0, 0.1) is 24.4 Å². The summed E-state index contributed by atoms with van der Waals surface area (Å²) in [5, 5.41) is 4.22. The number of halogens is 3. The van der Waals surface area contributed by atoms with Gasteiger partial charge in [0.1, 0.15) is 5.75 Å². The molecule has 9 heteroatoms. The van der Waals surface area contributed by atoms with Crippen LogP contribution in [0.1, 0.15) is 35.8 Å². The van der Waals surface area contributed by atoms with Gasteiger partial charge in [-0.3, -0.25) is 0 Å². The van der Waals surface area contributed by atoms with Crippen LogP contribution in [0.3, 0.4) is 0 Å². The van der Waals surface area contributed by atoms with E-state index in [2.05, 4.69) is 10.1 Å². The number of hydrogen-bond donors (Lipinski definition) is 0. The quantitative estimate of drug-likeness (QED) is 0.496. The molecule has 34 heavy (non-hydrogen) atoms. The number of amidine groups is 1. The third kappa shape index (κ3) is 4.13. The number of rotatable bonds is 4. The molecule has 0 amide bonds.